The molecule has 1 aliphatic heterocycles. The van der Waals surface area contributed by atoms with E-state index >= 15 is 0 Å². The van der Waals surface area contributed by atoms with Crippen molar-refractivity contribution in [2.75, 3.05) is 39.0 Å². The van der Waals surface area contributed by atoms with E-state index in [0.717, 1.165) is 13.1 Å². The van der Waals surface area contributed by atoms with Gasteiger partial charge in [-0.05, 0) is 46.7 Å². The molecule has 0 aromatic carbocycles. The van der Waals surface area contributed by atoms with E-state index < -0.39 is 14.6 Å². The number of aliphatic imine (C=N–C) groups is 1. The van der Waals surface area contributed by atoms with E-state index in [0.29, 0.717) is 18.5 Å². The third kappa shape index (κ3) is 7.13. The Morgan fingerprint density at radius 3 is 2.48 bits per heavy atom. The Morgan fingerprint density at radius 1 is 1.30 bits per heavy atom. The first-order valence-corrected chi connectivity index (χ1v) is 9.77. The second kappa shape index (κ2) is 10.0. The molecule has 1 heterocycles. The summed E-state index contributed by atoms with van der Waals surface area (Å²) in [5.74, 6) is 0.786. The van der Waals surface area contributed by atoms with Crippen molar-refractivity contribution in [3.63, 3.8) is 0 Å². The van der Waals surface area contributed by atoms with Gasteiger partial charge in [0.2, 0.25) is 0 Å². The van der Waals surface area contributed by atoms with E-state index in [1.165, 1.54) is 19.4 Å². The van der Waals surface area contributed by atoms with Gasteiger partial charge in [0, 0.05) is 26.2 Å². The Morgan fingerprint density at radius 2 is 1.96 bits per heavy atom. The standard InChI is InChI=1S/C15H32N4O2S.HI/c1-6-19-10-7-8-13(19)12-18-14(16-5)17-9-11-22(20,21)15(2,3)4;/h13H,6-12H2,1-5H3,(H2,16,17,18);1H. The molecule has 0 amide bonds. The van der Waals surface area contributed by atoms with Gasteiger partial charge in [0.1, 0.15) is 0 Å². The van der Waals surface area contributed by atoms with E-state index in [1.54, 1.807) is 27.8 Å². The maximum Gasteiger partial charge on any atom is 0.191 e. The number of halogens is 1. The zero-order valence-electron chi connectivity index (χ0n) is 15.1. The van der Waals surface area contributed by atoms with E-state index in [1.807, 2.05) is 0 Å². The van der Waals surface area contributed by atoms with Crippen molar-refractivity contribution < 1.29 is 8.42 Å². The van der Waals surface area contributed by atoms with Gasteiger partial charge < -0.3 is 10.6 Å². The molecule has 23 heavy (non-hydrogen) atoms. The summed E-state index contributed by atoms with van der Waals surface area (Å²) in [5, 5.41) is 6.40. The largest absolute Gasteiger partial charge is 0.355 e. The van der Waals surface area contributed by atoms with Crippen molar-refractivity contribution in [3.05, 3.63) is 0 Å². The third-order valence-electron chi connectivity index (χ3n) is 4.23. The number of hydrogen-bond donors (Lipinski definition) is 2. The number of nitrogens with zero attached hydrogens (tertiary/aromatic N) is 2. The Kier molecular flexibility index (Phi) is 9.99. The summed E-state index contributed by atoms with van der Waals surface area (Å²) in [7, 11) is -1.39. The van der Waals surface area contributed by atoms with Gasteiger partial charge in [0.05, 0.1) is 10.5 Å². The molecule has 1 atom stereocenters. The number of sulfone groups is 1. The fourth-order valence-electron chi connectivity index (χ4n) is 2.59. The third-order valence-corrected chi connectivity index (χ3v) is 6.84. The van der Waals surface area contributed by atoms with Gasteiger partial charge in [-0.3, -0.25) is 9.89 Å². The smallest absolute Gasteiger partial charge is 0.191 e. The minimum Gasteiger partial charge on any atom is -0.355 e. The molecule has 0 bridgehead atoms. The number of likely N-dealkylation sites (N-methyl/N-ethyl adjacent to an activating group) is 1. The topological polar surface area (TPSA) is 73.8 Å². The molecule has 0 aliphatic carbocycles. The summed E-state index contributed by atoms with van der Waals surface area (Å²) in [6, 6.07) is 0.543. The average molecular weight is 460 g/mol. The van der Waals surface area contributed by atoms with Crippen LogP contribution >= 0.6 is 24.0 Å². The van der Waals surface area contributed by atoms with E-state index in [4.69, 9.17) is 0 Å². The van der Waals surface area contributed by atoms with Crippen molar-refractivity contribution in [1.29, 1.82) is 0 Å². The highest BCUT2D eigenvalue weighted by molar-refractivity contribution is 14.0. The fraction of sp³-hybridized carbons (Fsp3) is 0.933. The van der Waals surface area contributed by atoms with E-state index in [9.17, 15) is 8.42 Å². The van der Waals surface area contributed by atoms with Gasteiger partial charge >= 0.3 is 0 Å². The summed E-state index contributed by atoms with van der Waals surface area (Å²) < 4.78 is 23.4. The van der Waals surface area contributed by atoms with Crippen LogP contribution in [-0.4, -0.2) is 69.0 Å². The van der Waals surface area contributed by atoms with Crippen LogP contribution in [0.3, 0.4) is 0 Å². The molecule has 0 aromatic heterocycles. The van der Waals surface area contributed by atoms with Crippen LogP contribution in [0.5, 0.6) is 0 Å². The second-order valence-corrected chi connectivity index (χ2v) is 9.60. The first kappa shape index (κ1) is 22.9. The number of likely N-dealkylation sites (tertiary alicyclic amines) is 1. The van der Waals surface area contributed by atoms with Crippen LogP contribution in [0.15, 0.2) is 4.99 Å². The zero-order valence-corrected chi connectivity index (χ0v) is 18.2. The summed E-state index contributed by atoms with van der Waals surface area (Å²) in [6.07, 6.45) is 2.45. The van der Waals surface area contributed by atoms with E-state index in [-0.39, 0.29) is 29.7 Å². The molecule has 0 aromatic rings. The minimum atomic E-state index is -3.10. The maximum atomic E-state index is 12.1. The van der Waals surface area contributed by atoms with Crippen molar-refractivity contribution in [1.82, 2.24) is 15.5 Å². The summed E-state index contributed by atoms with van der Waals surface area (Å²) >= 11 is 0. The highest BCUT2D eigenvalue weighted by atomic mass is 127. The Balaban J connectivity index is 0.00000484. The zero-order chi connectivity index (χ0) is 16.8. The van der Waals surface area contributed by atoms with Crippen LogP contribution in [0.1, 0.15) is 40.5 Å². The number of hydrogen-bond acceptors (Lipinski definition) is 4. The summed E-state index contributed by atoms with van der Waals surface area (Å²) in [6.45, 7) is 10.8. The molecule has 0 saturated carbocycles. The van der Waals surface area contributed by atoms with Gasteiger partial charge in [-0.1, -0.05) is 6.92 Å². The first-order valence-electron chi connectivity index (χ1n) is 8.12. The van der Waals surface area contributed by atoms with Gasteiger partial charge in [-0.2, -0.15) is 0 Å². The fourth-order valence-corrected chi connectivity index (χ4v) is 3.57. The van der Waals surface area contributed by atoms with Crippen LogP contribution in [0.25, 0.3) is 0 Å². The van der Waals surface area contributed by atoms with Gasteiger partial charge in [-0.25, -0.2) is 8.42 Å². The van der Waals surface area contributed by atoms with Gasteiger partial charge in [0.25, 0.3) is 0 Å². The predicted molar refractivity (Wildman–Crippen MR) is 109 cm³/mol. The van der Waals surface area contributed by atoms with E-state index in [2.05, 4.69) is 27.4 Å². The number of guanidine groups is 1. The molecule has 2 N–H and O–H groups in total. The van der Waals surface area contributed by atoms with Crippen LogP contribution < -0.4 is 10.6 Å². The molecule has 0 spiro atoms. The molecular weight excluding hydrogens is 427 g/mol. The Labute approximate surface area is 158 Å². The van der Waals surface area contributed by atoms with Crippen LogP contribution in [-0.2, 0) is 9.84 Å². The summed E-state index contributed by atoms with van der Waals surface area (Å²) in [4.78, 5) is 6.63. The minimum absolute atomic E-state index is 0. The lowest BCUT2D eigenvalue weighted by molar-refractivity contribution is 0.267. The number of rotatable bonds is 6. The lowest BCUT2D eigenvalue weighted by atomic mass is 10.2. The van der Waals surface area contributed by atoms with Crippen molar-refractivity contribution in [2.45, 2.75) is 51.3 Å². The lowest BCUT2D eigenvalue weighted by Crippen LogP contribution is -2.46. The Hall–Kier alpha value is -0.0900. The molecule has 1 saturated heterocycles. The molecule has 1 aliphatic rings. The highest BCUT2D eigenvalue weighted by Gasteiger charge is 2.28. The van der Waals surface area contributed by atoms with Crippen molar-refractivity contribution >= 4 is 39.8 Å². The lowest BCUT2D eigenvalue weighted by Gasteiger charge is -2.24. The average Bonchev–Trinajstić information content (AvgIpc) is 2.88. The quantitative estimate of drug-likeness (QED) is 0.357. The summed E-state index contributed by atoms with van der Waals surface area (Å²) in [5.41, 5.74) is 0. The van der Waals surface area contributed by atoms with Crippen molar-refractivity contribution in [3.8, 4) is 0 Å². The molecule has 0 radical (unpaired) electrons. The molecule has 6 nitrogen and oxygen atoms in total. The predicted octanol–water partition coefficient (Wildman–Crippen LogP) is 1.47. The van der Waals surface area contributed by atoms with Crippen LogP contribution in [0.2, 0.25) is 0 Å². The molecular formula is C15H33IN4O2S. The van der Waals surface area contributed by atoms with Gasteiger partial charge in [-0.15, -0.1) is 24.0 Å². The van der Waals surface area contributed by atoms with Crippen molar-refractivity contribution in [2.24, 2.45) is 4.99 Å². The molecule has 1 fully saturated rings. The molecule has 1 rings (SSSR count). The normalized spacial score (nSPS) is 20.2. The molecule has 8 heteroatoms. The Bertz CT molecular complexity index is 474. The monoisotopic (exact) mass is 460 g/mol. The molecule has 138 valence electrons. The highest BCUT2D eigenvalue weighted by Crippen LogP contribution is 2.16. The van der Waals surface area contributed by atoms with Crippen LogP contribution in [0, 0.1) is 0 Å². The van der Waals surface area contributed by atoms with Crippen LogP contribution in [0.4, 0.5) is 0 Å². The number of nitrogens with one attached hydrogen (secondary N) is 2. The second-order valence-electron chi connectivity index (χ2n) is 6.74. The maximum absolute atomic E-state index is 12.1. The first-order chi connectivity index (χ1) is 10.2. The van der Waals surface area contributed by atoms with Gasteiger partial charge in [0.15, 0.2) is 15.8 Å². The molecule has 1 unspecified atom stereocenters. The SMILES string of the molecule is CCN1CCCC1CNC(=NC)NCCS(=O)(=O)C(C)(C)C.I.